The van der Waals surface area contributed by atoms with Gasteiger partial charge in [-0.1, -0.05) is 42.5 Å². The van der Waals surface area contributed by atoms with Crippen molar-refractivity contribution in [2.45, 2.75) is 32.1 Å². The van der Waals surface area contributed by atoms with E-state index >= 15 is 0 Å². The number of nitrogens with one attached hydrogen (secondary N) is 2. The third-order valence-electron chi connectivity index (χ3n) is 4.88. The van der Waals surface area contributed by atoms with E-state index in [9.17, 15) is 9.00 Å². The lowest BCUT2D eigenvalue weighted by molar-refractivity contribution is -0.117. The fourth-order valence-corrected chi connectivity index (χ4v) is 4.37. The van der Waals surface area contributed by atoms with Gasteiger partial charge in [-0.25, -0.2) is 4.99 Å². The minimum Gasteiger partial charge on any atom is -0.357 e. The average Bonchev–Trinajstić information content (AvgIpc) is 3.19. The normalized spacial score (nSPS) is 14.8. The summed E-state index contributed by atoms with van der Waals surface area (Å²) in [4.78, 5) is 18.3. The van der Waals surface area contributed by atoms with E-state index in [-0.39, 0.29) is 29.9 Å². The maximum Gasteiger partial charge on any atom is 0.227 e. The number of aliphatic imine (C=N–C) groups is 1. The Morgan fingerprint density at radius 3 is 2.45 bits per heavy atom. The lowest BCUT2D eigenvalue weighted by atomic mass is 10.2. The van der Waals surface area contributed by atoms with Gasteiger partial charge in [-0.3, -0.25) is 9.00 Å². The van der Waals surface area contributed by atoms with E-state index in [1.54, 1.807) is 0 Å². The molecule has 8 heteroatoms. The standard InChI is InChI=1S/C23H30N4O2S.HI/c1-2-24-23(25-14-16-30(29)18-20-7-4-3-5-8-20)26-17-19-10-12-21(13-11-19)27-15-6-9-22(27)28;/h3-5,7-8,10-13H,2,6,9,14-18H2,1H3,(H2,24,25,26);1H. The molecule has 0 radical (unpaired) electrons. The number of benzene rings is 2. The van der Waals surface area contributed by atoms with Crippen molar-refractivity contribution in [3.8, 4) is 0 Å². The van der Waals surface area contributed by atoms with E-state index in [1.807, 2.05) is 66.4 Å². The van der Waals surface area contributed by atoms with Gasteiger partial charge in [0, 0.05) is 54.0 Å². The second-order valence-electron chi connectivity index (χ2n) is 7.21. The van der Waals surface area contributed by atoms with Crippen molar-refractivity contribution >= 4 is 52.3 Å². The van der Waals surface area contributed by atoms with Crippen LogP contribution < -0.4 is 15.5 Å². The van der Waals surface area contributed by atoms with Gasteiger partial charge in [-0.05, 0) is 36.6 Å². The monoisotopic (exact) mass is 554 g/mol. The number of rotatable bonds is 9. The number of amides is 1. The second-order valence-corrected chi connectivity index (χ2v) is 8.79. The summed E-state index contributed by atoms with van der Waals surface area (Å²) in [7, 11) is -0.916. The molecule has 168 valence electrons. The summed E-state index contributed by atoms with van der Waals surface area (Å²) in [5.74, 6) is 2.05. The number of nitrogens with zero attached hydrogens (tertiary/aromatic N) is 2. The van der Waals surface area contributed by atoms with Crippen LogP contribution in [-0.4, -0.2) is 41.5 Å². The molecule has 1 aliphatic rings. The Hall–Kier alpha value is -1.94. The molecule has 0 aliphatic carbocycles. The van der Waals surface area contributed by atoms with Crippen molar-refractivity contribution in [2.24, 2.45) is 4.99 Å². The summed E-state index contributed by atoms with van der Waals surface area (Å²) >= 11 is 0. The predicted molar refractivity (Wildman–Crippen MR) is 139 cm³/mol. The molecule has 1 heterocycles. The SMILES string of the molecule is CCNC(=NCc1ccc(N2CCCC2=O)cc1)NCCS(=O)Cc1ccccc1.I. The number of hydrogen-bond acceptors (Lipinski definition) is 3. The summed E-state index contributed by atoms with van der Waals surface area (Å²) in [6, 6.07) is 17.9. The molecule has 1 aliphatic heterocycles. The van der Waals surface area contributed by atoms with Crippen LogP contribution in [0, 0.1) is 0 Å². The van der Waals surface area contributed by atoms with Crippen LogP contribution in [0.3, 0.4) is 0 Å². The molecule has 31 heavy (non-hydrogen) atoms. The van der Waals surface area contributed by atoms with Crippen LogP contribution in [0.15, 0.2) is 59.6 Å². The van der Waals surface area contributed by atoms with Gasteiger partial charge in [0.2, 0.25) is 5.91 Å². The first-order chi connectivity index (χ1) is 14.7. The number of hydrogen-bond donors (Lipinski definition) is 2. The Bertz CT molecular complexity index is 875. The lowest BCUT2D eigenvalue weighted by Gasteiger charge is -2.16. The Balaban J connectivity index is 0.00000341. The first-order valence-electron chi connectivity index (χ1n) is 10.5. The Kier molecular flexibility index (Phi) is 11.0. The molecule has 1 amide bonds. The summed E-state index contributed by atoms with van der Waals surface area (Å²) in [6.07, 6.45) is 1.57. The van der Waals surface area contributed by atoms with E-state index in [0.29, 0.717) is 37.0 Å². The molecule has 2 aromatic rings. The molecule has 0 saturated carbocycles. The third kappa shape index (κ3) is 8.25. The molecule has 0 bridgehead atoms. The molecule has 1 atom stereocenters. The lowest BCUT2D eigenvalue weighted by Crippen LogP contribution is -2.39. The quantitative estimate of drug-likeness (QED) is 0.283. The summed E-state index contributed by atoms with van der Waals surface area (Å²) in [5, 5.41) is 6.49. The zero-order chi connectivity index (χ0) is 21.2. The number of carbonyl (C=O) groups is 1. The molecule has 0 spiro atoms. The maximum atomic E-state index is 12.3. The number of guanidine groups is 1. The van der Waals surface area contributed by atoms with Gasteiger partial charge in [0.05, 0.1) is 6.54 Å². The van der Waals surface area contributed by atoms with Gasteiger partial charge in [-0.15, -0.1) is 24.0 Å². The minimum absolute atomic E-state index is 0. The van der Waals surface area contributed by atoms with Gasteiger partial charge in [-0.2, -0.15) is 0 Å². The molecule has 2 aromatic carbocycles. The van der Waals surface area contributed by atoms with Crippen LogP contribution in [0.1, 0.15) is 30.9 Å². The van der Waals surface area contributed by atoms with Crippen LogP contribution in [0.2, 0.25) is 0 Å². The van der Waals surface area contributed by atoms with Gasteiger partial charge in [0.15, 0.2) is 5.96 Å². The molecule has 0 aromatic heterocycles. The molecule has 1 fully saturated rings. The summed E-state index contributed by atoms with van der Waals surface area (Å²) < 4.78 is 12.3. The van der Waals surface area contributed by atoms with Gasteiger partial charge in [0.25, 0.3) is 0 Å². The van der Waals surface area contributed by atoms with Crippen molar-refractivity contribution in [3.05, 3.63) is 65.7 Å². The van der Waals surface area contributed by atoms with Crippen LogP contribution in [0.4, 0.5) is 5.69 Å². The van der Waals surface area contributed by atoms with Crippen LogP contribution >= 0.6 is 24.0 Å². The van der Waals surface area contributed by atoms with E-state index in [4.69, 9.17) is 0 Å². The number of carbonyl (C=O) groups excluding carboxylic acids is 1. The van der Waals surface area contributed by atoms with Gasteiger partial charge in [0.1, 0.15) is 0 Å². The highest BCUT2D eigenvalue weighted by atomic mass is 127. The van der Waals surface area contributed by atoms with E-state index in [2.05, 4.69) is 15.6 Å². The Morgan fingerprint density at radius 1 is 1.06 bits per heavy atom. The molecule has 2 N–H and O–H groups in total. The second kappa shape index (κ2) is 13.5. The first kappa shape index (κ1) is 25.3. The van der Waals surface area contributed by atoms with Gasteiger partial charge < -0.3 is 15.5 Å². The van der Waals surface area contributed by atoms with E-state index in [1.165, 1.54) is 0 Å². The molecule has 6 nitrogen and oxygen atoms in total. The molecule has 1 unspecified atom stereocenters. The van der Waals surface area contributed by atoms with Crippen molar-refractivity contribution in [2.75, 3.05) is 30.3 Å². The number of anilines is 1. The maximum absolute atomic E-state index is 12.3. The summed E-state index contributed by atoms with van der Waals surface area (Å²) in [6.45, 7) is 4.72. The van der Waals surface area contributed by atoms with Crippen molar-refractivity contribution < 1.29 is 9.00 Å². The zero-order valence-electron chi connectivity index (χ0n) is 17.9. The zero-order valence-corrected chi connectivity index (χ0v) is 21.0. The predicted octanol–water partition coefficient (Wildman–Crippen LogP) is 3.44. The smallest absolute Gasteiger partial charge is 0.227 e. The average molecular weight is 554 g/mol. The fourth-order valence-electron chi connectivity index (χ4n) is 3.33. The van der Waals surface area contributed by atoms with Crippen LogP contribution in [-0.2, 0) is 27.9 Å². The van der Waals surface area contributed by atoms with E-state index in [0.717, 1.165) is 36.3 Å². The molecular formula is C23H31IN4O2S. The Morgan fingerprint density at radius 2 is 1.81 bits per heavy atom. The topological polar surface area (TPSA) is 73.8 Å². The molecule has 1 saturated heterocycles. The molecule has 3 rings (SSSR count). The Labute approximate surface area is 204 Å². The van der Waals surface area contributed by atoms with Crippen molar-refractivity contribution in [3.63, 3.8) is 0 Å². The highest BCUT2D eigenvalue weighted by Crippen LogP contribution is 2.21. The first-order valence-corrected chi connectivity index (χ1v) is 11.9. The fraction of sp³-hybridized carbons (Fsp3) is 0.391. The highest BCUT2D eigenvalue weighted by molar-refractivity contribution is 14.0. The highest BCUT2D eigenvalue weighted by Gasteiger charge is 2.21. The molecular weight excluding hydrogens is 523 g/mol. The van der Waals surface area contributed by atoms with Crippen molar-refractivity contribution in [1.29, 1.82) is 0 Å². The third-order valence-corrected chi connectivity index (χ3v) is 6.19. The minimum atomic E-state index is -0.916. The van der Waals surface area contributed by atoms with Crippen molar-refractivity contribution in [1.82, 2.24) is 10.6 Å². The van der Waals surface area contributed by atoms with Crippen LogP contribution in [0.5, 0.6) is 0 Å². The summed E-state index contributed by atoms with van der Waals surface area (Å²) in [5.41, 5.74) is 3.13. The number of halogens is 1. The van der Waals surface area contributed by atoms with E-state index < -0.39 is 10.8 Å². The largest absolute Gasteiger partial charge is 0.357 e. The van der Waals surface area contributed by atoms with Gasteiger partial charge >= 0.3 is 0 Å². The van der Waals surface area contributed by atoms with Crippen LogP contribution in [0.25, 0.3) is 0 Å².